The van der Waals surface area contributed by atoms with E-state index in [1.165, 1.54) is 36.6 Å². The largest absolute Gasteiger partial charge is 0.481 e. The molecule has 0 N–H and O–H groups in total. The molecule has 156 valence electrons. The molecule has 0 radical (unpaired) electrons. The molecule has 0 saturated heterocycles. The average Bonchev–Trinajstić information content (AvgIpc) is 3.18. The van der Waals surface area contributed by atoms with Crippen LogP contribution in [-0.4, -0.2) is 38.5 Å². The number of ether oxygens (including phenoxy) is 2. The van der Waals surface area contributed by atoms with Gasteiger partial charge in [0.15, 0.2) is 0 Å². The number of hydrogen-bond acceptors (Lipinski definition) is 6. The number of halogens is 4. The van der Waals surface area contributed by atoms with Crippen LogP contribution in [0.15, 0.2) is 36.9 Å². The molecule has 7 nitrogen and oxygen atoms in total. The van der Waals surface area contributed by atoms with E-state index in [9.17, 15) is 17.6 Å². The topological polar surface area (TPSA) is 75.0 Å². The molecule has 0 unspecified atom stereocenters. The van der Waals surface area contributed by atoms with Gasteiger partial charge in [0.05, 0.1) is 13.7 Å². The smallest absolute Gasteiger partial charge is 0.388 e. The van der Waals surface area contributed by atoms with E-state index in [1.54, 1.807) is 12.1 Å². The minimum Gasteiger partial charge on any atom is -0.481 e. The molecule has 3 rings (SSSR count). The quantitative estimate of drug-likeness (QED) is 0.536. The van der Waals surface area contributed by atoms with Gasteiger partial charge < -0.3 is 9.47 Å². The molecule has 0 aliphatic carbocycles. The van der Waals surface area contributed by atoms with Gasteiger partial charge in [-0.2, -0.15) is 8.78 Å². The van der Waals surface area contributed by atoms with Gasteiger partial charge in [0.1, 0.15) is 6.33 Å². The SMILES string of the molecule is CC.COc1ncc(Cn2cnc(C(F)F)n2)cc1-c1ccnc(OC(F)F)c1. The Morgan fingerprint density at radius 3 is 2.45 bits per heavy atom. The van der Waals surface area contributed by atoms with Crippen molar-refractivity contribution in [2.45, 2.75) is 33.4 Å². The van der Waals surface area contributed by atoms with Crippen molar-refractivity contribution < 1.29 is 27.0 Å². The standard InChI is InChI=1S/C16H13F4N5O2.C2H6/c1-26-15-11(10-2-3-21-12(5-10)27-16(19)20)4-9(6-22-15)7-25-8-23-14(24-25)13(17)18;1-2/h2-6,8,13,16H,7H2,1H3;1-2H3. The Morgan fingerprint density at radius 1 is 1.07 bits per heavy atom. The maximum atomic E-state index is 12.6. The molecule has 3 aromatic heterocycles. The van der Waals surface area contributed by atoms with Gasteiger partial charge in [0.2, 0.25) is 17.6 Å². The zero-order valence-corrected chi connectivity index (χ0v) is 15.9. The molecular weight excluding hydrogens is 394 g/mol. The second kappa shape index (κ2) is 10.3. The number of pyridine rings is 2. The predicted octanol–water partition coefficient (Wildman–Crippen LogP) is 4.36. The van der Waals surface area contributed by atoms with Crippen LogP contribution in [0.25, 0.3) is 11.1 Å². The first-order chi connectivity index (χ1) is 14.0. The van der Waals surface area contributed by atoms with Crippen molar-refractivity contribution in [3.05, 3.63) is 48.3 Å². The summed E-state index contributed by atoms with van der Waals surface area (Å²) in [5, 5.41) is 3.68. The molecule has 3 heterocycles. The molecule has 0 aliphatic heterocycles. The van der Waals surface area contributed by atoms with E-state index in [2.05, 4.69) is 24.8 Å². The van der Waals surface area contributed by atoms with Gasteiger partial charge in [0.25, 0.3) is 6.43 Å². The normalized spacial score (nSPS) is 10.7. The van der Waals surface area contributed by atoms with E-state index in [4.69, 9.17) is 4.74 Å². The maximum Gasteiger partial charge on any atom is 0.388 e. The fraction of sp³-hybridized carbons (Fsp3) is 0.333. The lowest BCUT2D eigenvalue weighted by Crippen LogP contribution is -2.04. The summed E-state index contributed by atoms with van der Waals surface area (Å²) in [6, 6.07) is 4.57. The lowest BCUT2D eigenvalue weighted by molar-refractivity contribution is -0.0528. The summed E-state index contributed by atoms with van der Waals surface area (Å²) < 4.78 is 60.7. The van der Waals surface area contributed by atoms with Crippen LogP contribution < -0.4 is 9.47 Å². The van der Waals surface area contributed by atoms with Crippen molar-refractivity contribution in [2.75, 3.05) is 7.11 Å². The first kappa shape index (κ1) is 22.1. The number of nitrogens with zero attached hydrogens (tertiary/aromatic N) is 5. The molecule has 29 heavy (non-hydrogen) atoms. The molecule has 11 heteroatoms. The highest BCUT2D eigenvalue weighted by atomic mass is 19.3. The first-order valence-corrected chi connectivity index (χ1v) is 8.58. The van der Waals surface area contributed by atoms with Crippen molar-refractivity contribution >= 4 is 0 Å². The fourth-order valence-corrected chi connectivity index (χ4v) is 2.36. The Labute approximate surface area is 164 Å². The van der Waals surface area contributed by atoms with Crippen LogP contribution in [-0.2, 0) is 6.54 Å². The van der Waals surface area contributed by atoms with Gasteiger partial charge in [-0.3, -0.25) is 0 Å². The molecule has 0 atom stereocenters. The first-order valence-electron chi connectivity index (χ1n) is 8.58. The van der Waals surface area contributed by atoms with E-state index < -0.39 is 18.9 Å². The van der Waals surface area contributed by atoms with Crippen LogP contribution in [0.5, 0.6) is 11.8 Å². The van der Waals surface area contributed by atoms with Crippen molar-refractivity contribution in [1.82, 2.24) is 24.7 Å². The Balaban J connectivity index is 0.00000145. The van der Waals surface area contributed by atoms with Crippen LogP contribution in [0, 0.1) is 0 Å². The van der Waals surface area contributed by atoms with Crippen LogP contribution in [0.1, 0.15) is 31.7 Å². The zero-order chi connectivity index (χ0) is 21.4. The number of alkyl halides is 4. The molecule has 0 saturated carbocycles. The summed E-state index contributed by atoms with van der Waals surface area (Å²) in [7, 11) is 1.41. The summed E-state index contributed by atoms with van der Waals surface area (Å²) in [6.07, 6.45) is 1.22. The molecular formula is C18H19F4N5O2. The summed E-state index contributed by atoms with van der Waals surface area (Å²) in [4.78, 5) is 11.4. The van der Waals surface area contributed by atoms with Crippen LogP contribution in [0.3, 0.4) is 0 Å². The number of hydrogen-bond donors (Lipinski definition) is 0. The molecule has 0 fully saturated rings. The monoisotopic (exact) mass is 413 g/mol. The van der Waals surface area contributed by atoms with E-state index in [1.807, 2.05) is 13.8 Å². The van der Waals surface area contributed by atoms with Gasteiger partial charge >= 0.3 is 6.61 Å². The van der Waals surface area contributed by atoms with Crippen molar-refractivity contribution in [3.63, 3.8) is 0 Å². The van der Waals surface area contributed by atoms with E-state index in [-0.39, 0.29) is 18.3 Å². The molecule has 3 aromatic rings. The Kier molecular flexibility index (Phi) is 7.87. The number of methoxy groups -OCH3 is 1. The van der Waals surface area contributed by atoms with Gasteiger partial charge in [-0.05, 0) is 23.3 Å². The maximum absolute atomic E-state index is 12.6. The Hall–Kier alpha value is -3.24. The third-order valence-corrected chi connectivity index (χ3v) is 3.45. The summed E-state index contributed by atoms with van der Waals surface area (Å²) >= 11 is 0. The van der Waals surface area contributed by atoms with Crippen molar-refractivity contribution in [3.8, 4) is 22.9 Å². The van der Waals surface area contributed by atoms with Crippen LogP contribution >= 0.6 is 0 Å². The molecule has 0 spiro atoms. The average molecular weight is 413 g/mol. The van der Waals surface area contributed by atoms with Crippen molar-refractivity contribution in [2.24, 2.45) is 0 Å². The summed E-state index contributed by atoms with van der Waals surface area (Å²) in [6.45, 7) is 1.13. The third kappa shape index (κ3) is 5.87. The molecule has 0 bridgehead atoms. The number of rotatable bonds is 7. The van der Waals surface area contributed by atoms with Crippen molar-refractivity contribution in [1.29, 1.82) is 0 Å². The zero-order valence-electron chi connectivity index (χ0n) is 15.9. The van der Waals surface area contributed by atoms with E-state index in [0.717, 1.165) is 0 Å². The highest BCUT2D eigenvalue weighted by molar-refractivity contribution is 5.69. The minimum atomic E-state index is -3.00. The van der Waals surface area contributed by atoms with E-state index >= 15 is 0 Å². The predicted molar refractivity (Wildman–Crippen MR) is 96.1 cm³/mol. The molecule has 0 aliphatic rings. The summed E-state index contributed by atoms with van der Waals surface area (Å²) in [5.41, 5.74) is 1.59. The van der Waals surface area contributed by atoms with Gasteiger partial charge in [-0.1, -0.05) is 13.8 Å². The number of aromatic nitrogens is 5. The van der Waals surface area contributed by atoms with Gasteiger partial charge in [-0.15, -0.1) is 5.10 Å². The highest BCUT2D eigenvalue weighted by Crippen LogP contribution is 2.31. The third-order valence-electron chi connectivity index (χ3n) is 3.45. The summed E-state index contributed by atoms with van der Waals surface area (Å²) in [5.74, 6) is -0.577. The second-order valence-electron chi connectivity index (χ2n) is 5.26. The minimum absolute atomic E-state index is 0.134. The van der Waals surface area contributed by atoms with Crippen LogP contribution in [0.4, 0.5) is 17.6 Å². The highest BCUT2D eigenvalue weighted by Gasteiger charge is 2.15. The van der Waals surface area contributed by atoms with Gasteiger partial charge in [0, 0.05) is 24.0 Å². The van der Waals surface area contributed by atoms with Crippen LogP contribution in [0.2, 0.25) is 0 Å². The van der Waals surface area contributed by atoms with Gasteiger partial charge in [-0.25, -0.2) is 28.4 Å². The Bertz CT molecular complexity index is 921. The fourth-order valence-electron chi connectivity index (χ4n) is 2.36. The lowest BCUT2D eigenvalue weighted by Gasteiger charge is -2.11. The van der Waals surface area contributed by atoms with E-state index in [0.29, 0.717) is 16.7 Å². The second-order valence-corrected chi connectivity index (χ2v) is 5.26. The molecule has 0 aromatic carbocycles. The Morgan fingerprint density at radius 2 is 1.83 bits per heavy atom. The lowest BCUT2D eigenvalue weighted by atomic mass is 10.1. The molecule has 0 amide bonds.